The van der Waals surface area contributed by atoms with Crippen LogP contribution in [0.2, 0.25) is 0 Å². The highest BCUT2D eigenvalue weighted by atomic mass is 16.5. The van der Waals surface area contributed by atoms with Gasteiger partial charge in [-0.25, -0.2) is 4.79 Å². The van der Waals surface area contributed by atoms with Crippen LogP contribution < -0.4 is 0 Å². The predicted molar refractivity (Wildman–Crippen MR) is 78.1 cm³/mol. The van der Waals surface area contributed by atoms with Crippen molar-refractivity contribution in [1.29, 1.82) is 0 Å². The minimum absolute atomic E-state index is 0.157. The van der Waals surface area contributed by atoms with Crippen molar-refractivity contribution in [1.82, 2.24) is 4.90 Å². The Morgan fingerprint density at radius 1 is 1.38 bits per heavy atom. The van der Waals surface area contributed by atoms with Crippen molar-refractivity contribution in [2.24, 2.45) is 0 Å². The van der Waals surface area contributed by atoms with Crippen LogP contribution in [0.4, 0.5) is 0 Å². The van der Waals surface area contributed by atoms with Crippen molar-refractivity contribution in [3.8, 4) is 0 Å². The highest BCUT2D eigenvalue weighted by molar-refractivity contribution is 5.85. The van der Waals surface area contributed by atoms with Gasteiger partial charge in [-0.3, -0.25) is 4.79 Å². The van der Waals surface area contributed by atoms with E-state index in [1.165, 1.54) is 10.5 Å². The molecule has 1 aliphatic rings. The molecule has 0 saturated carbocycles. The van der Waals surface area contributed by atoms with Crippen molar-refractivity contribution in [3.63, 3.8) is 0 Å². The Morgan fingerprint density at radius 2 is 2.10 bits per heavy atom. The highest BCUT2D eigenvalue weighted by Crippen LogP contribution is 2.21. The molecule has 0 radical (unpaired) electrons. The second kappa shape index (κ2) is 6.72. The summed E-state index contributed by atoms with van der Waals surface area (Å²) in [6, 6.07) is 7.06. The molecule has 114 valence electrons. The number of hydrogen-bond donors (Lipinski definition) is 1. The predicted octanol–water partition coefficient (Wildman–Crippen LogP) is 1.49. The molecule has 0 aliphatic carbocycles. The van der Waals surface area contributed by atoms with Gasteiger partial charge in [0.1, 0.15) is 6.04 Å². The molecule has 1 N–H and O–H groups in total. The molecule has 21 heavy (non-hydrogen) atoms. The topological polar surface area (TPSA) is 66.8 Å². The summed E-state index contributed by atoms with van der Waals surface area (Å²) >= 11 is 0. The zero-order chi connectivity index (χ0) is 15.4. The molecule has 0 aromatic heterocycles. The van der Waals surface area contributed by atoms with Crippen LogP contribution in [0.25, 0.3) is 0 Å². The number of amides is 1. The van der Waals surface area contributed by atoms with Gasteiger partial charge in [0, 0.05) is 20.1 Å². The summed E-state index contributed by atoms with van der Waals surface area (Å²) < 4.78 is 5.20. The number of nitrogens with zero attached hydrogens (tertiary/aromatic N) is 1. The van der Waals surface area contributed by atoms with Gasteiger partial charge in [-0.1, -0.05) is 31.2 Å². The molecular weight excluding hydrogens is 270 g/mol. The second-order valence-corrected chi connectivity index (χ2v) is 5.34. The smallest absolute Gasteiger partial charge is 0.326 e. The summed E-state index contributed by atoms with van der Waals surface area (Å²) in [4.78, 5) is 25.1. The van der Waals surface area contributed by atoms with Gasteiger partial charge in [-0.05, 0) is 17.5 Å². The van der Waals surface area contributed by atoms with Gasteiger partial charge in [0.05, 0.1) is 12.5 Å². The van der Waals surface area contributed by atoms with Gasteiger partial charge in [-0.15, -0.1) is 0 Å². The van der Waals surface area contributed by atoms with E-state index in [1.54, 1.807) is 7.11 Å². The van der Waals surface area contributed by atoms with E-state index in [4.69, 9.17) is 4.74 Å². The lowest BCUT2D eigenvalue weighted by Gasteiger charge is -2.21. The van der Waals surface area contributed by atoms with Crippen LogP contribution in [-0.4, -0.2) is 47.7 Å². The van der Waals surface area contributed by atoms with Crippen LogP contribution in [0.1, 0.15) is 24.5 Å². The minimum atomic E-state index is -0.967. The van der Waals surface area contributed by atoms with E-state index in [1.807, 2.05) is 24.3 Å². The third-order valence-electron chi connectivity index (χ3n) is 3.96. The first-order chi connectivity index (χ1) is 10.0. The van der Waals surface area contributed by atoms with Crippen molar-refractivity contribution in [2.75, 3.05) is 13.7 Å². The summed E-state index contributed by atoms with van der Waals surface area (Å²) in [5.74, 6) is -1.12. The van der Waals surface area contributed by atoms with Gasteiger partial charge in [0.25, 0.3) is 0 Å². The first kappa shape index (κ1) is 15.5. The molecule has 2 rings (SSSR count). The Bertz CT molecular complexity index is 529. The molecule has 0 bridgehead atoms. The number of hydrogen-bond acceptors (Lipinski definition) is 3. The molecule has 0 spiro atoms. The Morgan fingerprint density at radius 3 is 2.71 bits per heavy atom. The fourth-order valence-electron chi connectivity index (χ4n) is 2.71. The van der Waals surface area contributed by atoms with Crippen molar-refractivity contribution >= 4 is 11.9 Å². The molecule has 2 unspecified atom stereocenters. The molecule has 1 aromatic carbocycles. The normalized spacial score (nSPS) is 21.5. The van der Waals surface area contributed by atoms with Crippen LogP contribution in [0, 0.1) is 0 Å². The molecule has 2 atom stereocenters. The Hall–Kier alpha value is -1.88. The largest absolute Gasteiger partial charge is 0.480 e. The van der Waals surface area contributed by atoms with Crippen LogP contribution in [0.3, 0.4) is 0 Å². The van der Waals surface area contributed by atoms with Crippen molar-refractivity contribution in [3.05, 3.63) is 35.4 Å². The number of carbonyl (C=O) groups excluding carboxylic acids is 1. The number of aryl methyl sites for hydroxylation is 1. The molecule has 5 nitrogen and oxygen atoms in total. The molecule has 1 fully saturated rings. The van der Waals surface area contributed by atoms with E-state index in [0.717, 1.165) is 12.0 Å². The molecule has 1 amide bonds. The monoisotopic (exact) mass is 291 g/mol. The summed E-state index contributed by atoms with van der Waals surface area (Å²) in [6.07, 6.45) is 1.30. The number of likely N-dealkylation sites (tertiary alicyclic amines) is 1. The maximum absolute atomic E-state index is 12.4. The van der Waals surface area contributed by atoms with E-state index in [-0.39, 0.29) is 18.4 Å². The number of methoxy groups -OCH3 is 1. The number of rotatable bonds is 5. The van der Waals surface area contributed by atoms with Gasteiger partial charge in [0.2, 0.25) is 5.91 Å². The Kier molecular flexibility index (Phi) is 4.96. The first-order valence-electron chi connectivity index (χ1n) is 7.18. The summed E-state index contributed by atoms with van der Waals surface area (Å²) in [5, 5.41) is 9.24. The third-order valence-corrected chi connectivity index (χ3v) is 3.96. The van der Waals surface area contributed by atoms with Crippen molar-refractivity contribution in [2.45, 2.75) is 38.3 Å². The standard InChI is InChI=1S/C16H21NO4/c1-3-11-5-4-6-12(7-11)8-15(18)17-10-13(21-2)9-14(17)16(19)20/h4-7,13-14H,3,8-10H2,1-2H3,(H,19,20). The molecule has 1 aliphatic heterocycles. The molecule has 1 heterocycles. The first-order valence-corrected chi connectivity index (χ1v) is 7.18. The molecular formula is C16H21NO4. The van der Waals surface area contributed by atoms with E-state index in [0.29, 0.717) is 13.0 Å². The van der Waals surface area contributed by atoms with Crippen LogP contribution in [0.5, 0.6) is 0 Å². The number of carboxylic acid groups (broad SMARTS) is 1. The number of ether oxygens (including phenoxy) is 1. The van der Waals surface area contributed by atoms with Crippen molar-refractivity contribution < 1.29 is 19.4 Å². The fraction of sp³-hybridized carbons (Fsp3) is 0.500. The Labute approximate surface area is 124 Å². The fourth-order valence-corrected chi connectivity index (χ4v) is 2.71. The quantitative estimate of drug-likeness (QED) is 0.892. The van der Waals surface area contributed by atoms with E-state index in [2.05, 4.69) is 6.92 Å². The van der Waals surface area contributed by atoms with Gasteiger partial charge in [0.15, 0.2) is 0 Å². The highest BCUT2D eigenvalue weighted by Gasteiger charge is 2.39. The average molecular weight is 291 g/mol. The number of aliphatic carboxylic acids is 1. The maximum Gasteiger partial charge on any atom is 0.326 e. The Balaban J connectivity index is 2.09. The van der Waals surface area contributed by atoms with Crippen LogP contribution in [0.15, 0.2) is 24.3 Å². The minimum Gasteiger partial charge on any atom is -0.480 e. The second-order valence-electron chi connectivity index (χ2n) is 5.34. The number of benzene rings is 1. The number of carbonyl (C=O) groups is 2. The summed E-state index contributed by atoms with van der Waals surface area (Å²) in [7, 11) is 1.54. The zero-order valence-electron chi connectivity index (χ0n) is 12.4. The summed E-state index contributed by atoms with van der Waals surface area (Å²) in [6.45, 7) is 2.41. The lowest BCUT2D eigenvalue weighted by atomic mass is 10.1. The van der Waals surface area contributed by atoms with Crippen LogP contribution >= 0.6 is 0 Å². The lowest BCUT2D eigenvalue weighted by Crippen LogP contribution is -2.41. The number of carboxylic acids is 1. The van der Waals surface area contributed by atoms with Gasteiger partial charge < -0.3 is 14.7 Å². The zero-order valence-corrected chi connectivity index (χ0v) is 12.4. The van der Waals surface area contributed by atoms with E-state index >= 15 is 0 Å². The third kappa shape index (κ3) is 3.61. The van der Waals surface area contributed by atoms with Gasteiger partial charge >= 0.3 is 5.97 Å². The molecule has 1 saturated heterocycles. The molecule has 5 heteroatoms. The SMILES string of the molecule is CCc1cccc(CC(=O)N2CC(OC)CC2C(=O)O)c1. The van der Waals surface area contributed by atoms with E-state index in [9.17, 15) is 14.7 Å². The van der Waals surface area contributed by atoms with E-state index < -0.39 is 12.0 Å². The summed E-state index contributed by atoms with van der Waals surface area (Å²) in [5.41, 5.74) is 2.09. The van der Waals surface area contributed by atoms with Crippen LogP contribution in [-0.2, 0) is 27.2 Å². The lowest BCUT2D eigenvalue weighted by molar-refractivity contribution is -0.148. The average Bonchev–Trinajstić information content (AvgIpc) is 2.92. The van der Waals surface area contributed by atoms with Gasteiger partial charge in [-0.2, -0.15) is 0 Å². The molecule has 1 aromatic rings. The maximum atomic E-state index is 12.4.